The van der Waals surface area contributed by atoms with E-state index in [-0.39, 0.29) is 24.4 Å². The van der Waals surface area contributed by atoms with Gasteiger partial charge in [-0.05, 0) is 38.7 Å². The van der Waals surface area contributed by atoms with Gasteiger partial charge in [0.2, 0.25) is 0 Å². The second kappa shape index (κ2) is 7.95. The molecule has 1 rings (SSSR count). The zero-order valence-corrected chi connectivity index (χ0v) is 13.0. The predicted octanol–water partition coefficient (Wildman–Crippen LogP) is 1.45. The Morgan fingerprint density at radius 1 is 1.29 bits per heavy atom. The molecule has 0 aliphatic rings. The molecule has 0 heterocycles. The molecule has 0 aromatic heterocycles. The summed E-state index contributed by atoms with van der Waals surface area (Å²) < 4.78 is 13.0. The minimum absolute atomic E-state index is 0.0468. The van der Waals surface area contributed by atoms with E-state index in [0.29, 0.717) is 6.54 Å². The van der Waals surface area contributed by atoms with E-state index < -0.39 is 6.10 Å². The third-order valence-electron chi connectivity index (χ3n) is 3.21. The van der Waals surface area contributed by atoms with E-state index in [2.05, 4.69) is 5.32 Å². The third-order valence-corrected chi connectivity index (χ3v) is 3.21. The highest BCUT2D eigenvalue weighted by atomic mass is 19.1. The lowest BCUT2D eigenvalue weighted by Crippen LogP contribution is -2.43. The lowest BCUT2D eigenvalue weighted by Gasteiger charge is -2.27. The number of rotatable bonds is 6. The molecular formula is C15H24FN3O2. The van der Waals surface area contributed by atoms with E-state index in [1.54, 1.807) is 26.1 Å². The summed E-state index contributed by atoms with van der Waals surface area (Å²) in [6, 6.07) is 5.96. The number of benzene rings is 1. The molecule has 2 N–H and O–H groups in total. The van der Waals surface area contributed by atoms with Crippen molar-refractivity contribution in [3.05, 3.63) is 35.6 Å². The van der Waals surface area contributed by atoms with Crippen molar-refractivity contribution in [1.29, 1.82) is 0 Å². The summed E-state index contributed by atoms with van der Waals surface area (Å²) in [6.45, 7) is 2.31. The number of aliphatic hydroxyl groups excluding tert-OH is 1. The van der Waals surface area contributed by atoms with Gasteiger partial charge in [0.1, 0.15) is 5.82 Å². The van der Waals surface area contributed by atoms with Crippen molar-refractivity contribution in [2.24, 2.45) is 0 Å². The monoisotopic (exact) mass is 297 g/mol. The Balaban J connectivity index is 2.64. The molecule has 0 radical (unpaired) electrons. The maximum atomic E-state index is 13.0. The minimum Gasteiger partial charge on any atom is -0.392 e. The summed E-state index contributed by atoms with van der Waals surface area (Å²) in [4.78, 5) is 15.3. The van der Waals surface area contributed by atoms with Crippen LogP contribution in [-0.2, 0) is 0 Å². The fraction of sp³-hybridized carbons (Fsp3) is 0.533. The highest BCUT2D eigenvalue weighted by Crippen LogP contribution is 2.17. The number of aliphatic hydroxyl groups is 1. The van der Waals surface area contributed by atoms with Crippen molar-refractivity contribution >= 4 is 6.03 Å². The molecule has 1 aromatic carbocycles. The Morgan fingerprint density at radius 3 is 2.33 bits per heavy atom. The average Bonchev–Trinajstić information content (AvgIpc) is 2.39. The third kappa shape index (κ3) is 5.69. The van der Waals surface area contributed by atoms with Gasteiger partial charge in [0, 0.05) is 20.1 Å². The fourth-order valence-electron chi connectivity index (χ4n) is 2.08. The number of carbonyl (C=O) groups is 1. The molecule has 21 heavy (non-hydrogen) atoms. The van der Waals surface area contributed by atoms with E-state index in [4.69, 9.17) is 0 Å². The molecule has 0 aliphatic carbocycles. The first-order chi connectivity index (χ1) is 9.81. The van der Waals surface area contributed by atoms with Crippen molar-refractivity contribution < 1.29 is 14.3 Å². The number of halogens is 1. The normalized spacial score (nSPS) is 13.9. The van der Waals surface area contributed by atoms with Crippen molar-refractivity contribution in [1.82, 2.24) is 15.1 Å². The van der Waals surface area contributed by atoms with Crippen LogP contribution in [0.2, 0.25) is 0 Å². The Hall–Kier alpha value is -1.66. The SMILES string of the molecule is CC(O)CN(C)C(=O)NCC(c1ccc(F)cc1)N(C)C. The second-order valence-corrected chi connectivity index (χ2v) is 5.45. The van der Waals surface area contributed by atoms with Gasteiger partial charge in [0.25, 0.3) is 0 Å². The molecule has 5 nitrogen and oxygen atoms in total. The number of likely N-dealkylation sites (N-methyl/N-ethyl adjacent to an activating group) is 2. The second-order valence-electron chi connectivity index (χ2n) is 5.45. The van der Waals surface area contributed by atoms with Crippen LogP contribution in [0.5, 0.6) is 0 Å². The topological polar surface area (TPSA) is 55.8 Å². The zero-order valence-electron chi connectivity index (χ0n) is 13.0. The standard InChI is InChI=1S/C15H24FN3O2/c1-11(20)10-19(4)15(21)17-9-14(18(2)3)12-5-7-13(16)8-6-12/h5-8,11,14,20H,9-10H2,1-4H3,(H,17,21). The number of hydrogen-bond acceptors (Lipinski definition) is 3. The first-order valence-corrected chi connectivity index (χ1v) is 6.90. The first kappa shape index (κ1) is 17.4. The molecular weight excluding hydrogens is 273 g/mol. The molecule has 0 saturated heterocycles. The average molecular weight is 297 g/mol. The van der Waals surface area contributed by atoms with Gasteiger partial charge in [0.05, 0.1) is 12.1 Å². The molecule has 2 amide bonds. The van der Waals surface area contributed by atoms with Gasteiger partial charge in [-0.2, -0.15) is 0 Å². The van der Waals surface area contributed by atoms with Crippen molar-refractivity contribution in [3.63, 3.8) is 0 Å². The van der Waals surface area contributed by atoms with Gasteiger partial charge < -0.3 is 20.2 Å². The van der Waals surface area contributed by atoms with E-state index >= 15 is 0 Å². The van der Waals surface area contributed by atoms with Crippen molar-refractivity contribution in [2.45, 2.75) is 19.1 Å². The molecule has 0 spiro atoms. The molecule has 118 valence electrons. The van der Waals surface area contributed by atoms with Crippen LogP contribution in [0.15, 0.2) is 24.3 Å². The minimum atomic E-state index is -0.567. The lowest BCUT2D eigenvalue weighted by atomic mass is 10.1. The highest BCUT2D eigenvalue weighted by Gasteiger charge is 2.17. The summed E-state index contributed by atoms with van der Waals surface area (Å²) >= 11 is 0. The molecule has 0 fully saturated rings. The maximum absolute atomic E-state index is 13.0. The van der Waals surface area contributed by atoms with Gasteiger partial charge in [0.15, 0.2) is 0 Å². The van der Waals surface area contributed by atoms with E-state index in [0.717, 1.165) is 5.56 Å². The number of nitrogens with one attached hydrogen (secondary N) is 1. The smallest absolute Gasteiger partial charge is 0.317 e. The largest absolute Gasteiger partial charge is 0.392 e. The highest BCUT2D eigenvalue weighted by molar-refractivity contribution is 5.73. The molecule has 0 saturated carbocycles. The van der Waals surface area contributed by atoms with Gasteiger partial charge in [-0.25, -0.2) is 9.18 Å². The van der Waals surface area contributed by atoms with Crippen LogP contribution in [0.4, 0.5) is 9.18 Å². The molecule has 0 bridgehead atoms. The summed E-state index contributed by atoms with van der Waals surface area (Å²) in [6.07, 6.45) is -0.567. The van der Waals surface area contributed by atoms with Crippen molar-refractivity contribution in [3.8, 4) is 0 Å². The zero-order chi connectivity index (χ0) is 16.0. The molecule has 6 heteroatoms. The lowest BCUT2D eigenvalue weighted by molar-refractivity contribution is 0.142. The Labute approximate surface area is 125 Å². The van der Waals surface area contributed by atoms with Crippen molar-refractivity contribution in [2.75, 3.05) is 34.2 Å². The van der Waals surface area contributed by atoms with Gasteiger partial charge in [-0.15, -0.1) is 0 Å². The molecule has 0 aliphatic heterocycles. The summed E-state index contributed by atoms with van der Waals surface area (Å²) in [7, 11) is 5.43. The van der Waals surface area contributed by atoms with E-state index in [9.17, 15) is 14.3 Å². The number of hydrogen-bond donors (Lipinski definition) is 2. The quantitative estimate of drug-likeness (QED) is 0.835. The summed E-state index contributed by atoms with van der Waals surface area (Å²) in [5, 5.41) is 12.1. The maximum Gasteiger partial charge on any atom is 0.317 e. The van der Waals surface area contributed by atoms with Crippen LogP contribution in [0.3, 0.4) is 0 Å². The van der Waals surface area contributed by atoms with E-state index in [1.807, 2.05) is 19.0 Å². The summed E-state index contributed by atoms with van der Waals surface area (Å²) in [5.41, 5.74) is 0.930. The van der Waals surface area contributed by atoms with Crippen LogP contribution in [0.1, 0.15) is 18.5 Å². The van der Waals surface area contributed by atoms with Crippen LogP contribution in [-0.4, -0.2) is 61.3 Å². The first-order valence-electron chi connectivity index (χ1n) is 6.90. The van der Waals surface area contributed by atoms with Crippen LogP contribution < -0.4 is 5.32 Å². The van der Waals surface area contributed by atoms with Gasteiger partial charge in [-0.3, -0.25) is 0 Å². The Morgan fingerprint density at radius 2 is 1.86 bits per heavy atom. The van der Waals surface area contributed by atoms with Crippen LogP contribution in [0.25, 0.3) is 0 Å². The van der Waals surface area contributed by atoms with Crippen LogP contribution in [0, 0.1) is 5.82 Å². The summed E-state index contributed by atoms with van der Waals surface area (Å²) in [5.74, 6) is -0.281. The van der Waals surface area contributed by atoms with Crippen LogP contribution >= 0.6 is 0 Å². The Bertz CT molecular complexity index is 449. The van der Waals surface area contributed by atoms with E-state index in [1.165, 1.54) is 17.0 Å². The number of nitrogens with zero attached hydrogens (tertiary/aromatic N) is 2. The fourth-order valence-corrected chi connectivity index (χ4v) is 2.08. The molecule has 1 aromatic rings. The van der Waals surface area contributed by atoms with Gasteiger partial charge >= 0.3 is 6.03 Å². The Kier molecular flexibility index (Phi) is 6.58. The number of amides is 2. The molecule has 2 atom stereocenters. The van der Waals surface area contributed by atoms with Gasteiger partial charge in [-0.1, -0.05) is 12.1 Å². The number of urea groups is 1. The number of carbonyl (C=O) groups excluding carboxylic acids is 1. The molecule has 2 unspecified atom stereocenters. The predicted molar refractivity (Wildman–Crippen MR) is 80.5 cm³/mol.